The highest BCUT2D eigenvalue weighted by Crippen LogP contribution is 2.22. The molecule has 0 aromatic heterocycles. The average Bonchev–Trinajstić information content (AvgIpc) is 2.39. The molecular formula is C11H19BrN2O. The molecule has 0 spiro atoms. The predicted octanol–water partition coefficient (Wildman–Crippen LogP) is 1.92. The first-order chi connectivity index (χ1) is 7.11. The molecule has 1 aliphatic rings. The summed E-state index contributed by atoms with van der Waals surface area (Å²) in [7, 11) is 0. The van der Waals surface area contributed by atoms with Crippen LogP contribution in [-0.4, -0.2) is 18.5 Å². The van der Waals surface area contributed by atoms with Gasteiger partial charge in [-0.1, -0.05) is 41.8 Å². The summed E-state index contributed by atoms with van der Waals surface area (Å²) in [6.07, 6.45) is 5.34. The number of halogens is 1. The van der Waals surface area contributed by atoms with Crippen LogP contribution in [0.5, 0.6) is 0 Å². The largest absolute Gasteiger partial charge is 0.351 e. The third-order valence-electron chi connectivity index (χ3n) is 2.86. The minimum absolute atomic E-state index is 0.0145. The molecule has 1 aliphatic carbocycles. The Hall–Kier alpha value is -0.350. The SMILES string of the molecule is C=C(Br)CNC(=O)C1CCCCCC1N. The highest BCUT2D eigenvalue weighted by Gasteiger charge is 2.26. The summed E-state index contributed by atoms with van der Waals surface area (Å²) in [4.78, 5) is 11.8. The number of hydrogen-bond acceptors (Lipinski definition) is 2. The van der Waals surface area contributed by atoms with Crippen molar-refractivity contribution in [2.24, 2.45) is 11.7 Å². The highest BCUT2D eigenvalue weighted by atomic mass is 79.9. The Balaban J connectivity index is 2.44. The Morgan fingerprint density at radius 2 is 2.07 bits per heavy atom. The minimum Gasteiger partial charge on any atom is -0.351 e. The van der Waals surface area contributed by atoms with Gasteiger partial charge in [-0.2, -0.15) is 0 Å². The standard InChI is InChI=1S/C11H19BrN2O/c1-8(12)7-14-11(15)9-5-3-2-4-6-10(9)13/h9-10H,1-7,13H2,(H,14,15). The van der Waals surface area contributed by atoms with Crippen LogP contribution in [0.4, 0.5) is 0 Å². The smallest absolute Gasteiger partial charge is 0.224 e. The lowest BCUT2D eigenvalue weighted by Gasteiger charge is -2.20. The van der Waals surface area contributed by atoms with Crippen LogP contribution in [0.25, 0.3) is 0 Å². The Labute approximate surface area is 99.6 Å². The Morgan fingerprint density at radius 1 is 1.40 bits per heavy atom. The van der Waals surface area contributed by atoms with E-state index in [1.807, 2.05) is 0 Å². The van der Waals surface area contributed by atoms with Gasteiger partial charge in [0, 0.05) is 17.1 Å². The minimum atomic E-state index is -0.0145. The molecule has 0 aromatic rings. The number of nitrogens with one attached hydrogen (secondary N) is 1. The maximum Gasteiger partial charge on any atom is 0.224 e. The quantitative estimate of drug-likeness (QED) is 0.773. The number of hydrogen-bond donors (Lipinski definition) is 2. The molecule has 0 radical (unpaired) electrons. The maximum atomic E-state index is 11.8. The van der Waals surface area contributed by atoms with E-state index in [2.05, 4.69) is 27.8 Å². The van der Waals surface area contributed by atoms with Crippen molar-refractivity contribution in [2.45, 2.75) is 38.1 Å². The van der Waals surface area contributed by atoms with Crippen LogP contribution in [-0.2, 0) is 4.79 Å². The molecule has 0 heterocycles. The number of rotatable bonds is 3. The molecule has 0 aliphatic heterocycles. The summed E-state index contributed by atoms with van der Waals surface area (Å²) in [5.74, 6) is 0.0596. The fourth-order valence-corrected chi connectivity index (χ4v) is 2.12. The van der Waals surface area contributed by atoms with Gasteiger partial charge in [0.2, 0.25) is 5.91 Å². The summed E-state index contributed by atoms with van der Waals surface area (Å²) in [6, 6.07) is 0.0242. The van der Waals surface area contributed by atoms with E-state index in [4.69, 9.17) is 5.73 Å². The van der Waals surface area contributed by atoms with Crippen LogP contribution in [0.15, 0.2) is 11.1 Å². The average molecular weight is 275 g/mol. The van der Waals surface area contributed by atoms with Crippen molar-refractivity contribution in [3.8, 4) is 0 Å². The van der Waals surface area contributed by atoms with E-state index < -0.39 is 0 Å². The van der Waals surface area contributed by atoms with Gasteiger partial charge in [0.1, 0.15) is 0 Å². The summed E-state index contributed by atoms with van der Waals surface area (Å²) >= 11 is 3.22. The van der Waals surface area contributed by atoms with Gasteiger partial charge >= 0.3 is 0 Å². The predicted molar refractivity (Wildman–Crippen MR) is 65.6 cm³/mol. The van der Waals surface area contributed by atoms with Gasteiger partial charge in [-0.15, -0.1) is 0 Å². The Morgan fingerprint density at radius 3 is 2.73 bits per heavy atom. The normalized spacial score (nSPS) is 26.8. The van der Waals surface area contributed by atoms with Crippen LogP contribution in [0.2, 0.25) is 0 Å². The molecule has 0 bridgehead atoms. The molecular weight excluding hydrogens is 256 g/mol. The molecule has 1 fully saturated rings. The van der Waals surface area contributed by atoms with Crippen LogP contribution >= 0.6 is 15.9 Å². The summed E-state index contributed by atoms with van der Waals surface area (Å²) in [6.45, 7) is 4.17. The fraction of sp³-hybridized carbons (Fsp3) is 0.727. The number of carbonyl (C=O) groups is 1. The molecule has 0 aromatic carbocycles. The van der Waals surface area contributed by atoms with Crippen LogP contribution in [0.3, 0.4) is 0 Å². The van der Waals surface area contributed by atoms with Crippen molar-refractivity contribution in [1.29, 1.82) is 0 Å². The molecule has 2 unspecified atom stereocenters. The monoisotopic (exact) mass is 274 g/mol. The van der Waals surface area contributed by atoms with Gasteiger partial charge in [0.05, 0.1) is 5.92 Å². The lowest BCUT2D eigenvalue weighted by Crippen LogP contribution is -2.41. The third kappa shape index (κ3) is 4.34. The maximum absolute atomic E-state index is 11.8. The van der Waals surface area contributed by atoms with E-state index in [1.165, 1.54) is 6.42 Å². The Kier molecular flexibility index (Phi) is 5.32. The molecule has 0 saturated heterocycles. The van der Waals surface area contributed by atoms with Crippen LogP contribution < -0.4 is 11.1 Å². The second kappa shape index (κ2) is 6.28. The number of carbonyl (C=O) groups excluding carboxylic acids is 1. The second-order valence-electron chi connectivity index (χ2n) is 4.14. The van der Waals surface area contributed by atoms with E-state index in [-0.39, 0.29) is 17.9 Å². The summed E-state index contributed by atoms with van der Waals surface area (Å²) in [5.41, 5.74) is 5.99. The summed E-state index contributed by atoms with van der Waals surface area (Å²) < 4.78 is 0.790. The van der Waals surface area contributed by atoms with E-state index in [0.29, 0.717) is 6.54 Å². The molecule has 2 atom stereocenters. The number of nitrogens with two attached hydrogens (primary N) is 1. The molecule has 1 saturated carbocycles. The van der Waals surface area contributed by atoms with Gasteiger partial charge in [0.25, 0.3) is 0 Å². The lowest BCUT2D eigenvalue weighted by molar-refractivity contribution is -0.125. The van der Waals surface area contributed by atoms with Crippen molar-refractivity contribution in [3.63, 3.8) is 0 Å². The summed E-state index contributed by atoms with van der Waals surface area (Å²) in [5, 5.41) is 2.84. The molecule has 4 heteroatoms. The first-order valence-electron chi connectivity index (χ1n) is 5.48. The van der Waals surface area contributed by atoms with Crippen LogP contribution in [0.1, 0.15) is 32.1 Å². The molecule has 3 N–H and O–H groups in total. The van der Waals surface area contributed by atoms with Crippen molar-refractivity contribution < 1.29 is 4.79 Å². The first-order valence-corrected chi connectivity index (χ1v) is 6.27. The lowest BCUT2D eigenvalue weighted by atomic mass is 9.95. The molecule has 1 rings (SSSR count). The molecule has 3 nitrogen and oxygen atoms in total. The third-order valence-corrected chi connectivity index (χ3v) is 3.14. The zero-order chi connectivity index (χ0) is 11.3. The fourth-order valence-electron chi connectivity index (χ4n) is 1.98. The van der Waals surface area contributed by atoms with Crippen molar-refractivity contribution in [2.75, 3.05) is 6.54 Å². The molecule has 1 amide bonds. The van der Waals surface area contributed by atoms with E-state index >= 15 is 0 Å². The first kappa shape index (κ1) is 12.7. The zero-order valence-electron chi connectivity index (χ0n) is 8.97. The van der Waals surface area contributed by atoms with Gasteiger partial charge in [-0.3, -0.25) is 4.79 Å². The van der Waals surface area contributed by atoms with E-state index in [1.54, 1.807) is 0 Å². The second-order valence-corrected chi connectivity index (χ2v) is 5.26. The van der Waals surface area contributed by atoms with Crippen molar-refractivity contribution in [1.82, 2.24) is 5.32 Å². The van der Waals surface area contributed by atoms with Gasteiger partial charge in [-0.05, 0) is 12.8 Å². The molecule has 15 heavy (non-hydrogen) atoms. The van der Waals surface area contributed by atoms with Gasteiger partial charge in [0.15, 0.2) is 0 Å². The van der Waals surface area contributed by atoms with Crippen molar-refractivity contribution >= 4 is 21.8 Å². The zero-order valence-corrected chi connectivity index (χ0v) is 10.6. The van der Waals surface area contributed by atoms with Gasteiger partial charge < -0.3 is 11.1 Å². The number of amides is 1. The van der Waals surface area contributed by atoms with Crippen LogP contribution in [0, 0.1) is 5.92 Å². The Bertz CT molecular complexity index is 243. The molecule has 86 valence electrons. The van der Waals surface area contributed by atoms with E-state index in [9.17, 15) is 4.79 Å². The topological polar surface area (TPSA) is 55.1 Å². The highest BCUT2D eigenvalue weighted by molar-refractivity contribution is 9.11. The van der Waals surface area contributed by atoms with Crippen molar-refractivity contribution in [3.05, 3.63) is 11.1 Å². The van der Waals surface area contributed by atoms with Gasteiger partial charge in [-0.25, -0.2) is 0 Å². The van der Waals surface area contributed by atoms with E-state index in [0.717, 1.165) is 30.2 Å².